The van der Waals surface area contributed by atoms with Crippen LogP contribution in [0.25, 0.3) is 86.9 Å². The molecule has 0 bridgehead atoms. The summed E-state index contributed by atoms with van der Waals surface area (Å²) in [5, 5.41) is 2.60. The first-order valence-corrected chi connectivity index (χ1v) is 24.6. The molecular weight excluding hydrogens is 851 g/mol. The van der Waals surface area contributed by atoms with Crippen LogP contribution < -0.4 is 4.90 Å². The lowest BCUT2D eigenvalue weighted by Crippen LogP contribution is -2.26. The van der Waals surface area contributed by atoms with Gasteiger partial charge in [-0.05, 0) is 150 Å². The summed E-state index contributed by atoms with van der Waals surface area (Å²) in [5.41, 5.74) is 23.2. The minimum Gasteiger partial charge on any atom is -0.310 e. The number of fused-ring (bicyclic) bond motifs is 14. The summed E-state index contributed by atoms with van der Waals surface area (Å²) in [6, 6.07) is 96.7. The lowest BCUT2D eigenvalue weighted by molar-refractivity contribution is 0.795. The highest BCUT2D eigenvalue weighted by atomic mass is 32.1. The van der Waals surface area contributed by atoms with E-state index in [1.54, 1.807) is 0 Å². The van der Waals surface area contributed by atoms with Crippen molar-refractivity contribution in [2.24, 2.45) is 0 Å². The molecule has 1 nitrogen and oxygen atoms in total. The topological polar surface area (TPSA) is 3.24 Å². The molecular formula is C67H43NS. The lowest BCUT2D eigenvalue weighted by Gasteiger charge is -2.31. The van der Waals surface area contributed by atoms with Crippen molar-refractivity contribution in [3.05, 3.63) is 283 Å². The Kier molecular flexibility index (Phi) is 9.05. The first-order valence-electron chi connectivity index (χ1n) is 23.8. The zero-order valence-electron chi connectivity index (χ0n) is 37.7. The highest BCUT2D eigenvalue weighted by molar-refractivity contribution is 7.26. The smallest absolute Gasteiger partial charge is 0.0726 e. The fourth-order valence-corrected chi connectivity index (χ4v) is 12.7. The van der Waals surface area contributed by atoms with Crippen molar-refractivity contribution >= 4 is 48.6 Å². The van der Waals surface area contributed by atoms with E-state index < -0.39 is 5.41 Å². The standard InChI is InChI=1S/C67H43NS/c1-5-15-44(16-6-1)48-25-31-52(32-26-48)68(53-33-27-49(28-34-53)45-17-7-2-8-18-45)54-35-39-63-58(43-54)66-64(69-63)40-38-60-65(66)57-23-13-14-24-59(57)67(60)61-41-50(46-19-9-3-10-20-46)29-36-55(61)56-37-30-51(42-62(56)67)47-21-11-4-12-22-47/h1-43H. The molecule has 14 rings (SSSR count). The predicted octanol–water partition coefficient (Wildman–Crippen LogP) is 18.5. The fourth-order valence-electron chi connectivity index (χ4n) is 11.6. The van der Waals surface area contributed by atoms with E-state index in [4.69, 9.17) is 0 Å². The molecule has 2 heteroatoms. The molecule has 2 aliphatic rings. The molecule has 12 aromatic rings. The molecule has 1 aromatic heterocycles. The van der Waals surface area contributed by atoms with Gasteiger partial charge in [0.2, 0.25) is 0 Å². The third kappa shape index (κ3) is 6.16. The molecule has 2 aliphatic carbocycles. The van der Waals surface area contributed by atoms with Gasteiger partial charge in [-0.1, -0.05) is 200 Å². The second-order valence-corrected chi connectivity index (χ2v) is 19.4. The van der Waals surface area contributed by atoms with Crippen molar-refractivity contribution in [2.75, 3.05) is 4.90 Å². The van der Waals surface area contributed by atoms with Gasteiger partial charge in [0, 0.05) is 37.2 Å². The SMILES string of the molecule is c1ccc(-c2ccc(N(c3ccc(-c4ccccc4)cc3)c3ccc4sc5ccc6c(c5c4c3)-c3ccccc3C63c4cc(-c5ccccc5)ccc4-c4ccc(-c5ccccc5)cc43)cc2)cc1. The monoisotopic (exact) mass is 893 g/mol. The Labute approximate surface area is 406 Å². The van der Waals surface area contributed by atoms with Gasteiger partial charge in [-0.3, -0.25) is 0 Å². The lowest BCUT2D eigenvalue weighted by atomic mass is 9.70. The van der Waals surface area contributed by atoms with Gasteiger partial charge in [0.05, 0.1) is 5.41 Å². The van der Waals surface area contributed by atoms with Crippen LogP contribution in [0.4, 0.5) is 17.1 Å². The van der Waals surface area contributed by atoms with E-state index in [2.05, 4.69) is 266 Å². The number of anilines is 3. The maximum atomic E-state index is 2.50. The molecule has 0 saturated carbocycles. The Morgan fingerprint density at radius 3 is 1.22 bits per heavy atom. The number of rotatable bonds is 7. The van der Waals surface area contributed by atoms with Crippen LogP contribution in [0.5, 0.6) is 0 Å². The van der Waals surface area contributed by atoms with E-state index in [0.717, 1.165) is 17.1 Å². The summed E-state index contributed by atoms with van der Waals surface area (Å²) in [7, 11) is 0. The van der Waals surface area contributed by atoms with Crippen LogP contribution in [0.1, 0.15) is 22.3 Å². The second kappa shape index (κ2) is 15.8. The highest BCUT2D eigenvalue weighted by Crippen LogP contribution is 2.65. The van der Waals surface area contributed by atoms with Crippen LogP contribution in [0, 0.1) is 0 Å². The van der Waals surface area contributed by atoms with Gasteiger partial charge in [0.15, 0.2) is 0 Å². The predicted molar refractivity (Wildman–Crippen MR) is 292 cm³/mol. The summed E-state index contributed by atoms with van der Waals surface area (Å²) >= 11 is 1.90. The van der Waals surface area contributed by atoms with E-state index in [9.17, 15) is 0 Å². The van der Waals surface area contributed by atoms with E-state index >= 15 is 0 Å². The Morgan fingerprint density at radius 1 is 0.275 bits per heavy atom. The van der Waals surface area contributed by atoms with Crippen molar-refractivity contribution in [1.82, 2.24) is 0 Å². The van der Waals surface area contributed by atoms with Gasteiger partial charge in [0.25, 0.3) is 0 Å². The van der Waals surface area contributed by atoms with Crippen LogP contribution in [0.2, 0.25) is 0 Å². The van der Waals surface area contributed by atoms with Crippen molar-refractivity contribution in [2.45, 2.75) is 5.41 Å². The molecule has 1 spiro atoms. The van der Waals surface area contributed by atoms with Crippen LogP contribution >= 0.6 is 11.3 Å². The highest BCUT2D eigenvalue weighted by Gasteiger charge is 2.52. The van der Waals surface area contributed by atoms with Crippen LogP contribution in [-0.2, 0) is 5.41 Å². The average Bonchev–Trinajstić information content (AvgIpc) is 4.05. The quantitative estimate of drug-likeness (QED) is 0.154. The van der Waals surface area contributed by atoms with Gasteiger partial charge < -0.3 is 4.90 Å². The second-order valence-electron chi connectivity index (χ2n) is 18.4. The minimum atomic E-state index is -0.529. The molecule has 0 unspecified atom stereocenters. The molecule has 69 heavy (non-hydrogen) atoms. The Hall–Kier alpha value is -8.56. The van der Waals surface area contributed by atoms with E-state index in [1.165, 1.54) is 109 Å². The molecule has 0 amide bonds. The zero-order valence-corrected chi connectivity index (χ0v) is 38.5. The Bertz CT molecular complexity index is 3740. The van der Waals surface area contributed by atoms with Gasteiger partial charge >= 0.3 is 0 Å². The average molecular weight is 894 g/mol. The summed E-state index contributed by atoms with van der Waals surface area (Å²) in [4.78, 5) is 2.42. The summed E-state index contributed by atoms with van der Waals surface area (Å²) < 4.78 is 2.58. The minimum absolute atomic E-state index is 0.529. The molecule has 0 aliphatic heterocycles. The number of benzene rings is 11. The van der Waals surface area contributed by atoms with Gasteiger partial charge in [-0.15, -0.1) is 11.3 Å². The van der Waals surface area contributed by atoms with Gasteiger partial charge in [-0.2, -0.15) is 0 Å². The van der Waals surface area contributed by atoms with Crippen LogP contribution in [0.3, 0.4) is 0 Å². The molecule has 0 saturated heterocycles. The number of hydrogen-bond donors (Lipinski definition) is 0. The summed E-state index contributed by atoms with van der Waals surface area (Å²) in [5.74, 6) is 0. The maximum absolute atomic E-state index is 2.50. The molecule has 0 atom stereocenters. The van der Waals surface area contributed by atoms with Crippen LogP contribution in [0.15, 0.2) is 261 Å². The fraction of sp³-hybridized carbons (Fsp3) is 0.0149. The first-order chi connectivity index (χ1) is 34.2. The molecule has 322 valence electrons. The van der Waals surface area contributed by atoms with E-state index in [0.29, 0.717) is 0 Å². The number of thiophene rings is 1. The third-order valence-corrected chi connectivity index (χ3v) is 15.8. The van der Waals surface area contributed by atoms with Gasteiger partial charge in [-0.25, -0.2) is 0 Å². The molecule has 0 N–H and O–H groups in total. The summed E-state index contributed by atoms with van der Waals surface area (Å²) in [6.45, 7) is 0. The number of nitrogens with zero attached hydrogens (tertiary/aromatic N) is 1. The van der Waals surface area contributed by atoms with Crippen molar-refractivity contribution in [3.8, 4) is 66.8 Å². The van der Waals surface area contributed by atoms with Crippen molar-refractivity contribution < 1.29 is 0 Å². The molecule has 11 aromatic carbocycles. The largest absolute Gasteiger partial charge is 0.310 e. The Morgan fingerprint density at radius 2 is 0.696 bits per heavy atom. The molecule has 0 radical (unpaired) electrons. The molecule has 0 fully saturated rings. The zero-order chi connectivity index (χ0) is 45.5. The van der Waals surface area contributed by atoms with E-state index in [1.807, 2.05) is 11.3 Å². The first kappa shape index (κ1) is 39.6. The van der Waals surface area contributed by atoms with Gasteiger partial charge in [0.1, 0.15) is 0 Å². The third-order valence-electron chi connectivity index (χ3n) is 14.7. The van der Waals surface area contributed by atoms with Crippen molar-refractivity contribution in [3.63, 3.8) is 0 Å². The van der Waals surface area contributed by atoms with E-state index in [-0.39, 0.29) is 0 Å². The molecule has 1 heterocycles. The normalized spacial score (nSPS) is 12.8. The van der Waals surface area contributed by atoms with Crippen LogP contribution in [-0.4, -0.2) is 0 Å². The summed E-state index contributed by atoms with van der Waals surface area (Å²) in [6.07, 6.45) is 0. The Balaban J connectivity index is 1.00. The maximum Gasteiger partial charge on any atom is 0.0726 e. The van der Waals surface area contributed by atoms with Crippen molar-refractivity contribution in [1.29, 1.82) is 0 Å². The number of hydrogen-bond acceptors (Lipinski definition) is 2.